The summed E-state index contributed by atoms with van der Waals surface area (Å²) >= 11 is 0. The van der Waals surface area contributed by atoms with Gasteiger partial charge in [0.15, 0.2) is 17.2 Å². The number of nitrogen functional groups attached to an aromatic ring is 1. The number of rotatable bonds is 4. The van der Waals surface area contributed by atoms with Crippen LogP contribution in [0.4, 0.5) is 17.2 Å². The fourth-order valence-corrected chi connectivity index (χ4v) is 2.48. The van der Waals surface area contributed by atoms with Crippen LogP contribution in [0.15, 0.2) is 28.9 Å². The molecule has 0 radical (unpaired) electrons. The highest BCUT2D eigenvalue weighted by atomic mass is 16.6. The minimum absolute atomic E-state index is 0.245. The Labute approximate surface area is 115 Å². The third-order valence-electron chi connectivity index (χ3n) is 3.38. The first-order valence-electron chi connectivity index (χ1n) is 6.36. The maximum Gasteiger partial charge on any atom is 0.195 e. The summed E-state index contributed by atoms with van der Waals surface area (Å²) in [7, 11) is 0. The first-order chi connectivity index (χ1) is 9.75. The minimum atomic E-state index is -0.676. The zero-order valence-corrected chi connectivity index (χ0v) is 10.8. The molecule has 2 aromatic rings. The van der Waals surface area contributed by atoms with Crippen LogP contribution in [-0.2, 0) is 5.66 Å². The Balaban J connectivity index is 1.95. The molecule has 0 fully saturated rings. The zero-order valence-electron chi connectivity index (χ0n) is 10.8. The lowest BCUT2D eigenvalue weighted by molar-refractivity contribution is 0.296. The summed E-state index contributed by atoms with van der Waals surface area (Å²) in [6.07, 6.45) is 1.82. The second kappa shape index (κ2) is 4.74. The number of nitrogens with zero attached hydrogens (tertiary/aromatic N) is 3. The summed E-state index contributed by atoms with van der Waals surface area (Å²) in [5, 5.41) is 23.1. The van der Waals surface area contributed by atoms with Crippen molar-refractivity contribution in [3.8, 4) is 6.07 Å². The maximum absolute atomic E-state index is 8.72. The normalized spacial score (nSPS) is 14.9. The average molecular weight is 270 g/mol. The summed E-state index contributed by atoms with van der Waals surface area (Å²) in [5.41, 5.74) is 7.61. The van der Waals surface area contributed by atoms with Crippen LogP contribution in [-0.4, -0.2) is 10.3 Å². The molecular formula is C13H14N6O. The summed E-state index contributed by atoms with van der Waals surface area (Å²) in [6, 6.07) is 9.98. The molecule has 3 rings (SSSR count). The number of anilines is 3. The van der Waals surface area contributed by atoms with Gasteiger partial charge in [-0.15, -0.1) is 0 Å². The van der Waals surface area contributed by atoms with Crippen molar-refractivity contribution < 1.29 is 4.63 Å². The second-order valence-electron chi connectivity index (χ2n) is 4.71. The van der Waals surface area contributed by atoms with E-state index in [1.54, 1.807) is 0 Å². The second-order valence-corrected chi connectivity index (χ2v) is 4.71. The first kappa shape index (κ1) is 12.3. The van der Waals surface area contributed by atoms with Crippen LogP contribution in [0, 0.1) is 11.3 Å². The maximum atomic E-state index is 8.72. The summed E-state index contributed by atoms with van der Waals surface area (Å²) in [5.74, 6) is 0.245. The Kier molecular flexibility index (Phi) is 2.91. The van der Waals surface area contributed by atoms with Crippen LogP contribution >= 0.6 is 0 Å². The number of nitrogens with one attached hydrogen (secondary N) is 2. The molecule has 0 atom stereocenters. The first-order valence-corrected chi connectivity index (χ1v) is 6.36. The van der Waals surface area contributed by atoms with Gasteiger partial charge in [0.25, 0.3) is 0 Å². The third-order valence-corrected chi connectivity index (χ3v) is 3.38. The largest absolute Gasteiger partial charge is 0.379 e. The van der Waals surface area contributed by atoms with E-state index in [0.29, 0.717) is 25.0 Å². The number of benzene rings is 1. The highest BCUT2D eigenvalue weighted by Gasteiger charge is 2.42. The zero-order chi connectivity index (χ0) is 14.0. The minimum Gasteiger partial charge on any atom is -0.379 e. The van der Waals surface area contributed by atoms with Crippen LogP contribution in [0.2, 0.25) is 0 Å². The smallest absolute Gasteiger partial charge is 0.195 e. The van der Waals surface area contributed by atoms with Crippen molar-refractivity contribution in [3.63, 3.8) is 0 Å². The number of aromatic nitrogens is 2. The lowest BCUT2D eigenvalue weighted by atomic mass is 9.99. The van der Waals surface area contributed by atoms with Crippen LogP contribution in [0.3, 0.4) is 0 Å². The number of unbranched alkanes of at least 4 members (excludes halogenated alkanes) is 1. The number of nitrogens with two attached hydrogens (primary N) is 1. The lowest BCUT2D eigenvalue weighted by Crippen LogP contribution is -2.39. The molecule has 1 aliphatic heterocycles. The van der Waals surface area contributed by atoms with Gasteiger partial charge in [0.2, 0.25) is 0 Å². The molecular weight excluding hydrogens is 256 g/mol. The van der Waals surface area contributed by atoms with Gasteiger partial charge >= 0.3 is 0 Å². The molecule has 0 aliphatic carbocycles. The van der Waals surface area contributed by atoms with Crippen LogP contribution < -0.4 is 16.4 Å². The van der Waals surface area contributed by atoms with E-state index in [4.69, 9.17) is 15.6 Å². The van der Waals surface area contributed by atoms with E-state index in [1.807, 2.05) is 24.3 Å². The Bertz CT molecular complexity index is 634. The van der Waals surface area contributed by atoms with Crippen LogP contribution in [0.1, 0.15) is 25.0 Å². The van der Waals surface area contributed by atoms with E-state index in [9.17, 15) is 0 Å². The molecule has 1 aromatic heterocycles. The van der Waals surface area contributed by atoms with E-state index in [1.165, 1.54) is 0 Å². The molecule has 7 nitrogen and oxygen atoms in total. The van der Waals surface area contributed by atoms with Crippen molar-refractivity contribution >= 4 is 17.2 Å². The van der Waals surface area contributed by atoms with E-state index >= 15 is 0 Å². The predicted molar refractivity (Wildman–Crippen MR) is 73.5 cm³/mol. The van der Waals surface area contributed by atoms with Crippen LogP contribution in [0.25, 0.3) is 0 Å². The van der Waals surface area contributed by atoms with Gasteiger partial charge < -0.3 is 16.4 Å². The van der Waals surface area contributed by atoms with Gasteiger partial charge in [0.05, 0.1) is 17.4 Å². The molecule has 7 heteroatoms. The van der Waals surface area contributed by atoms with Gasteiger partial charge in [-0.05, 0) is 35.3 Å². The fraction of sp³-hybridized carbons (Fsp3) is 0.308. The predicted octanol–water partition coefficient (Wildman–Crippen LogP) is 2.04. The molecule has 4 N–H and O–H groups in total. The summed E-state index contributed by atoms with van der Waals surface area (Å²) in [4.78, 5) is 0. The van der Waals surface area contributed by atoms with Crippen LogP contribution in [0.5, 0.6) is 0 Å². The Hall–Kier alpha value is -2.75. The van der Waals surface area contributed by atoms with E-state index in [0.717, 1.165) is 11.4 Å². The molecule has 1 aromatic carbocycles. The van der Waals surface area contributed by atoms with Crippen molar-refractivity contribution in [2.45, 2.75) is 24.9 Å². The highest BCUT2D eigenvalue weighted by molar-refractivity contribution is 5.77. The average Bonchev–Trinajstić information content (AvgIpc) is 3.03. The number of hydrogen-bond donors (Lipinski definition) is 3. The molecule has 20 heavy (non-hydrogen) atoms. The molecule has 102 valence electrons. The summed E-state index contributed by atoms with van der Waals surface area (Å²) < 4.78 is 4.72. The third kappa shape index (κ3) is 1.91. The highest BCUT2D eigenvalue weighted by Crippen LogP contribution is 2.42. The van der Waals surface area contributed by atoms with Crippen molar-refractivity contribution in [3.05, 3.63) is 30.0 Å². The topological polar surface area (TPSA) is 113 Å². The van der Waals surface area contributed by atoms with Crippen molar-refractivity contribution in [2.24, 2.45) is 0 Å². The Morgan fingerprint density at radius 1 is 1.25 bits per heavy atom. The molecule has 2 heterocycles. The number of para-hydroxylation sites is 2. The standard InChI is InChI=1S/C13H14N6O/c14-8-4-3-7-13(11-12(15)19-20-18-11)16-9-5-1-2-6-10(9)17-13/h1-2,5-6,16-17H,3-4,7H2,(H2,15,19). The van der Waals surface area contributed by atoms with E-state index < -0.39 is 5.66 Å². The molecule has 0 saturated heterocycles. The monoisotopic (exact) mass is 270 g/mol. The van der Waals surface area contributed by atoms with Crippen molar-refractivity contribution in [1.29, 1.82) is 5.26 Å². The van der Waals surface area contributed by atoms with Crippen molar-refractivity contribution in [1.82, 2.24) is 10.3 Å². The molecule has 1 aliphatic rings. The van der Waals surface area contributed by atoms with Gasteiger partial charge in [-0.3, -0.25) is 0 Å². The Morgan fingerprint density at radius 3 is 2.50 bits per heavy atom. The number of hydrogen-bond acceptors (Lipinski definition) is 7. The van der Waals surface area contributed by atoms with Gasteiger partial charge in [0.1, 0.15) is 0 Å². The van der Waals surface area contributed by atoms with Gasteiger partial charge in [-0.2, -0.15) is 5.26 Å². The molecule has 0 bridgehead atoms. The van der Waals surface area contributed by atoms with Gasteiger partial charge in [0, 0.05) is 6.42 Å². The van der Waals surface area contributed by atoms with E-state index in [-0.39, 0.29) is 5.82 Å². The SMILES string of the molecule is N#CCCCC1(c2nonc2N)Nc2ccccc2N1. The molecule has 0 saturated carbocycles. The van der Waals surface area contributed by atoms with Gasteiger partial charge in [-0.25, -0.2) is 4.63 Å². The van der Waals surface area contributed by atoms with Crippen molar-refractivity contribution in [2.75, 3.05) is 16.4 Å². The number of fused-ring (bicyclic) bond motifs is 1. The molecule has 0 spiro atoms. The number of nitriles is 1. The molecule has 0 amide bonds. The molecule has 0 unspecified atom stereocenters. The van der Waals surface area contributed by atoms with Gasteiger partial charge in [-0.1, -0.05) is 12.1 Å². The quantitative estimate of drug-likeness (QED) is 0.728. The lowest BCUT2D eigenvalue weighted by Gasteiger charge is -2.28. The summed E-state index contributed by atoms with van der Waals surface area (Å²) in [6.45, 7) is 0. The fourth-order valence-electron chi connectivity index (χ4n) is 2.48. The van der Waals surface area contributed by atoms with E-state index in [2.05, 4.69) is 27.0 Å². The Morgan fingerprint density at radius 2 is 1.95 bits per heavy atom.